The summed E-state index contributed by atoms with van der Waals surface area (Å²) in [5.74, 6) is 0.932. The number of hydrogen-bond donors (Lipinski definition) is 0. The molecule has 3 nitrogen and oxygen atoms in total. The first-order valence-electron chi connectivity index (χ1n) is 13.0. The normalized spacial score (nSPS) is 24.5. The molecule has 4 rings (SSSR count). The molecule has 1 aliphatic heterocycles. The maximum atomic E-state index is 6.03. The number of morpholine rings is 1. The molecule has 0 aromatic heterocycles. The Morgan fingerprint density at radius 3 is 2.21 bits per heavy atom. The number of fused-ring (bicyclic) bond motifs is 1. The number of rotatable bonds is 6. The van der Waals surface area contributed by atoms with Crippen molar-refractivity contribution in [1.29, 1.82) is 0 Å². The molecular formula is C31H43NO2. The van der Waals surface area contributed by atoms with Gasteiger partial charge in [-0.05, 0) is 84.4 Å². The highest BCUT2D eigenvalue weighted by molar-refractivity contribution is 5.80. The zero-order chi connectivity index (χ0) is 24.5. The zero-order valence-electron chi connectivity index (χ0n) is 22.3. The van der Waals surface area contributed by atoms with Crippen molar-refractivity contribution in [3.8, 4) is 5.75 Å². The number of benzene rings is 2. The van der Waals surface area contributed by atoms with Crippen LogP contribution >= 0.6 is 0 Å². The standard InChI is InChI=1S/C31H43NO2/c1-22(26-10-13-28-29(19-26)31(6,7)15-14-30(28,4)5)18-25-8-11-27(12-9-25)33-17-16-32-20-23(2)34-24(3)21-32/h8-13,18-19,23-24H,14-17,20-21H2,1-7H3/b22-18+. The van der Waals surface area contributed by atoms with Gasteiger partial charge in [0.25, 0.3) is 0 Å². The molecule has 2 unspecified atom stereocenters. The van der Waals surface area contributed by atoms with E-state index in [-0.39, 0.29) is 10.8 Å². The second kappa shape index (κ2) is 9.87. The Bertz CT molecular complexity index is 1010. The van der Waals surface area contributed by atoms with Crippen molar-refractivity contribution in [2.45, 2.75) is 84.3 Å². The lowest BCUT2D eigenvalue weighted by molar-refractivity contribution is -0.0699. The molecule has 0 spiro atoms. The van der Waals surface area contributed by atoms with Crippen LogP contribution in [-0.2, 0) is 15.6 Å². The first-order valence-corrected chi connectivity index (χ1v) is 13.0. The quantitative estimate of drug-likeness (QED) is 0.429. The maximum absolute atomic E-state index is 6.03. The minimum Gasteiger partial charge on any atom is -0.492 e. The van der Waals surface area contributed by atoms with Crippen molar-refractivity contribution in [2.75, 3.05) is 26.2 Å². The Morgan fingerprint density at radius 2 is 1.56 bits per heavy atom. The molecule has 2 aromatic carbocycles. The molecule has 1 saturated heterocycles. The van der Waals surface area contributed by atoms with Crippen LogP contribution in [0.2, 0.25) is 0 Å². The number of allylic oxidation sites excluding steroid dienone is 1. The van der Waals surface area contributed by atoms with Gasteiger partial charge in [0.15, 0.2) is 0 Å². The van der Waals surface area contributed by atoms with Gasteiger partial charge < -0.3 is 9.47 Å². The van der Waals surface area contributed by atoms with E-state index in [0.717, 1.165) is 25.4 Å². The van der Waals surface area contributed by atoms with Crippen molar-refractivity contribution in [2.24, 2.45) is 0 Å². The Balaban J connectivity index is 1.40. The van der Waals surface area contributed by atoms with E-state index in [1.54, 1.807) is 0 Å². The van der Waals surface area contributed by atoms with E-state index in [4.69, 9.17) is 9.47 Å². The molecule has 0 amide bonds. The van der Waals surface area contributed by atoms with Gasteiger partial charge in [0.1, 0.15) is 12.4 Å². The molecule has 1 fully saturated rings. The predicted octanol–water partition coefficient (Wildman–Crippen LogP) is 7.08. The van der Waals surface area contributed by atoms with E-state index in [2.05, 4.69) is 102 Å². The van der Waals surface area contributed by atoms with Crippen LogP contribution in [0.3, 0.4) is 0 Å². The Morgan fingerprint density at radius 1 is 0.941 bits per heavy atom. The first-order chi connectivity index (χ1) is 16.0. The summed E-state index contributed by atoms with van der Waals surface area (Å²) in [6, 6.07) is 15.6. The van der Waals surface area contributed by atoms with Gasteiger partial charge in [-0.25, -0.2) is 0 Å². The van der Waals surface area contributed by atoms with Gasteiger partial charge in [0.05, 0.1) is 12.2 Å². The third-order valence-corrected chi connectivity index (χ3v) is 7.74. The average molecular weight is 462 g/mol. The number of ether oxygens (including phenoxy) is 2. The second-order valence-electron chi connectivity index (χ2n) is 11.8. The van der Waals surface area contributed by atoms with Crippen molar-refractivity contribution < 1.29 is 9.47 Å². The lowest BCUT2D eigenvalue weighted by atomic mass is 9.63. The summed E-state index contributed by atoms with van der Waals surface area (Å²) in [5.41, 5.74) is 7.35. The molecule has 2 atom stereocenters. The molecule has 0 radical (unpaired) electrons. The smallest absolute Gasteiger partial charge is 0.119 e. The van der Waals surface area contributed by atoms with Crippen LogP contribution in [0.4, 0.5) is 0 Å². The van der Waals surface area contributed by atoms with Crippen LogP contribution in [0.15, 0.2) is 42.5 Å². The summed E-state index contributed by atoms with van der Waals surface area (Å²) >= 11 is 0. The largest absolute Gasteiger partial charge is 0.492 e. The van der Waals surface area contributed by atoms with E-state index in [0.29, 0.717) is 18.8 Å². The Labute approximate surface area is 207 Å². The molecule has 2 aromatic rings. The maximum Gasteiger partial charge on any atom is 0.119 e. The topological polar surface area (TPSA) is 21.7 Å². The van der Waals surface area contributed by atoms with Gasteiger partial charge in [-0.3, -0.25) is 4.90 Å². The highest BCUT2D eigenvalue weighted by Crippen LogP contribution is 2.46. The molecule has 0 bridgehead atoms. The molecule has 3 heteroatoms. The number of nitrogens with zero attached hydrogens (tertiary/aromatic N) is 1. The molecule has 34 heavy (non-hydrogen) atoms. The predicted molar refractivity (Wildman–Crippen MR) is 144 cm³/mol. The molecule has 0 saturated carbocycles. The molecule has 0 N–H and O–H groups in total. The molecule has 1 aliphatic carbocycles. The van der Waals surface area contributed by atoms with Crippen molar-refractivity contribution >= 4 is 11.6 Å². The number of hydrogen-bond acceptors (Lipinski definition) is 3. The lowest BCUT2D eigenvalue weighted by Crippen LogP contribution is -2.46. The Kier molecular flexibility index (Phi) is 7.26. The summed E-state index contributed by atoms with van der Waals surface area (Å²) in [7, 11) is 0. The van der Waals surface area contributed by atoms with Gasteiger partial charge in [0, 0.05) is 19.6 Å². The van der Waals surface area contributed by atoms with Crippen LogP contribution in [0.25, 0.3) is 11.6 Å². The molecule has 184 valence electrons. The van der Waals surface area contributed by atoms with Crippen molar-refractivity contribution in [1.82, 2.24) is 4.90 Å². The zero-order valence-corrected chi connectivity index (χ0v) is 22.3. The summed E-state index contributed by atoms with van der Waals surface area (Å²) in [5, 5.41) is 0. The monoisotopic (exact) mass is 461 g/mol. The minimum absolute atomic E-state index is 0.234. The highest BCUT2D eigenvalue weighted by atomic mass is 16.5. The lowest BCUT2D eigenvalue weighted by Gasteiger charge is -2.42. The van der Waals surface area contributed by atoms with Crippen LogP contribution in [0.5, 0.6) is 5.75 Å². The van der Waals surface area contributed by atoms with E-state index in [1.807, 2.05) is 0 Å². The fraction of sp³-hybridized carbons (Fsp3) is 0.548. The fourth-order valence-corrected chi connectivity index (χ4v) is 5.59. The summed E-state index contributed by atoms with van der Waals surface area (Å²) in [4.78, 5) is 2.43. The van der Waals surface area contributed by atoms with Crippen LogP contribution in [0.1, 0.15) is 83.6 Å². The third-order valence-electron chi connectivity index (χ3n) is 7.74. The first kappa shape index (κ1) is 25.0. The highest BCUT2D eigenvalue weighted by Gasteiger charge is 2.36. The van der Waals surface area contributed by atoms with Gasteiger partial charge >= 0.3 is 0 Å². The minimum atomic E-state index is 0.234. The van der Waals surface area contributed by atoms with Gasteiger partial charge in [0.2, 0.25) is 0 Å². The summed E-state index contributed by atoms with van der Waals surface area (Å²) < 4.78 is 11.8. The van der Waals surface area contributed by atoms with Gasteiger partial charge in [-0.2, -0.15) is 0 Å². The van der Waals surface area contributed by atoms with E-state index >= 15 is 0 Å². The van der Waals surface area contributed by atoms with Gasteiger partial charge in [-0.1, -0.05) is 64.1 Å². The Hall–Kier alpha value is -2.10. The molecule has 2 aliphatic rings. The SMILES string of the molecule is C/C(=C\c1ccc(OCCN2CC(C)OC(C)C2)cc1)c1ccc2c(c1)C(C)(C)CCC2(C)C. The molecular weight excluding hydrogens is 418 g/mol. The van der Waals surface area contributed by atoms with Crippen LogP contribution in [-0.4, -0.2) is 43.3 Å². The fourth-order valence-electron chi connectivity index (χ4n) is 5.59. The van der Waals surface area contributed by atoms with Crippen LogP contribution < -0.4 is 4.74 Å². The summed E-state index contributed by atoms with van der Waals surface area (Å²) in [6.07, 6.45) is 5.37. The van der Waals surface area contributed by atoms with E-state index < -0.39 is 0 Å². The van der Waals surface area contributed by atoms with Crippen molar-refractivity contribution in [3.05, 3.63) is 64.7 Å². The second-order valence-corrected chi connectivity index (χ2v) is 11.8. The van der Waals surface area contributed by atoms with Gasteiger partial charge in [-0.15, -0.1) is 0 Å². The van der Waals surface area contributed by atoms with Crippen LogP contribution in [0, 0.1) is 0 Å². The third kappa shape index (κ3) is 5.75. The van der Waals surface area contributed by atoms with E-state index in [1.165, 1.54) is 40.7 Å². The summed E-state index contributed by atoms with van der Waals surface area (Å²) in [6.45, 7) is 19.7. The average Bonchev–Trinajstić information content (AvgIpc) is 2.77. The van der Waals surface area contributed by atoms with Crippen molar-refractivity contribution in [3.63, 3.8) is 0 Å². The van der Waals surface area contributed by atoms with E-state index in [9.17, 15) is 0 Å². The molecule has 1 heterocycles.